The summed E-state index contributed by atoms with van der Waals surface area (Å²) >= 11 is 3.36. The van der Waals surface area contributed by atoms with E-state index in [4.69, 9.17) is 0 Å². The van der Waals surface area contributed by atoms with E-state index < -0.39 is 0 Å². The lowest BCUT2D eigenvalue weighted by molar-refractivity contribution is 0.477. The predicted octanol–water partition coefficient (Wildman–Crippen LogP) is 2.23. The van der Waals surface area contributed by atoms with Crippen LogP contribution < -0.4 is 4.90 Å². The molecule has 1 aliphatic heterocycles. The van der Waals surface area contributed by atoms with E-state index in [0.29, 0.717) is 11.5 Å². The Bertz CT molecular complexity index is 689. The number of anilines is 1. The molecule has 3 rings (SSSR count). The highest BCUT2D eigenvalue weighted by atomic mass is 79.9. The van der Waals surface area contributed by atoms with Gasteiger partial charge >= 0.3 is 0 Å². The molecule has 0 radical (unpaired) electrons. The summed E-state index contributed by atoms with van der Waals surface area (Å²) in [4.78, 5) is 6.60. The number of aromatic nitrogens is 4. The van der Waals surface area contributed by atoms with Gasteiger partial charge < -0.3 is 9.47 Å². The molecule has 2 aromatic rings. The van der Waals surface area contributed by atoms with E-state index in [1.807, 2.05) is 17.7 Å². The summed E-state index contributed by atoms with van der Waals surface area (Å²) in [6.07, 6.45) is 5.61. The minimum Gasteiger partial charge on any atom is -0.355 e. The number of nitrogens with zero attached hydrogens (tertiary/aromatic N) is 6. The summed E-state index contributed by atoms with van der Waals surface area (Å²) in [6, 6.07) is 4.04. The molecule has 0 bridgehead atoms. The molecule has 1 aliphatic rings. The third-order valence-electron chi connectivity index (χ3n) is 3.79. The maximum atomic E-state index is 9.30. The van der Waals surface area contributed by atoms with E-state index in [-0.39, 0.29) is 0 Å². The number of rotatable bonds is 2. The van der Waals surface area contributed by atoms with Crippen molar-refractivity contribution in [1.29, 1.82) is 5.26 Å². The smallest absolute Gasteiger partial charge is 0.146 e. The molecule has 1 unspecified atom stereocenters. The van der Waals surface area contributed by atoms with Crippen molar-refractivity contribution in [1.82, 2.24) is 19.7 Å². The number of nitriles is 1. The van der Waals surface area contributed by atoms with Crippen LogP contribution in [0.2, 0.25) is 0 Å². The second-order valence-electron chi connectivity index (χ2n) is 5.22. The van der Waals surface area contributed by atoms with Crippen LogP contribution in [-0.4, -0.2) is 32.8 Å². The van der Waals surface area contributed by atoms with Crippen molar-refractivity contribution in [3.63, 3.8) is 0 Å². The first kappa shape index (κ1) is 14.0. The maximum absolute atomic E-state index is 9.30. The molecule has 0 aliphatic carbocycles. The largest absolute Gasteiger partial charge is 0.355 e. The number of aryl methyl sites for hydroxylation is 1. The van der Waals surface area contributed by atoms with Gasteiger partial charge in [0.05, 0.1) is 5.56 Å². The minimum absolute atomic E-state index is 0.322. The second-order valence-corrected chi connectivity index (χ2v) is 6.14. The van der Waals surface area contributed by atoms with Crippen molar-refractivity contribution >= 4 is 21.7 Å². The predicted molar refractivity (Wildman–Crippen MR) is 81.8 cm³/mol. The normalized spacial score (nSPS) is 18.5. The van der Waals surface area contributed by atoms with Crippen LogP contribution in [0.4, 0.5) is 5.82 Å². The van der Waals surface area contributed by atoms with Gasteiger partial charge in [-0.25, -0.2) is 4.98 Å². The van der Waals surface area contributed by atoms with Gasteiger partial charge in [-0.2, -0.15) is 5.26 Å². The maximum Gasteiger partial charge on any atom is 0.146 e. The Morgan fingerprint density at radius 1 is 1.48 bits per heavy atom. The fourth-order valence-corrected chi connectivity index (χ4v) is 3.14. The standard InChI is InChI=1S/C14H15BrN6/c1-20-9-18-19-14(20)10-3-2-4-21(8-10)13-11(6-16)5-12(15)7-17-13/h5,7,9-10H,2-4,8H2,1H3. The molecular weight excluding hydrogens is 332 g/mol. The monoisotopic (exact) mass is 346 g/mol. The van der Waals surface area contributed by atoms with Crippen molar-refractivity contribution in [3.8, 4) is 6.07 Å². The van der Waals surface area contributed by atoms with E-state index in [9.17, 15) is 5.26 Å². The summed E-state index contributed by atoms with van der Waals surface area (Å²) in [5, 5.41) is 17.5. The highest BCUT2D eigenvalue weighted by molar-refractivity contribution is 9.10. The molecule has 1 atom stereocenters. The summed E-state index contributed by atoms with van der Waals surface area (Å²) in [5.41, 5.74) is 0.600. The van der Waals surface area contributed by atoms with Crippen LogP contribution in [-0.2, 0) is 7.05 Å². The molecule has 2 aromatic heterocycles. The number of hydrogen-bond donors (Lipinski definition) is 0. The minimum atomic E-state index is 0.322. The Balaban J connectivity index is 1.87. The van der Waals surface area contributed by atoms with E-state index in [1.165, 1.54) is 0 Å². The SMILES string of the molecule is Cn1cnnc1C1CCCN(c2ncc(Br)cc2C#N)C1. The molecule has 0 amide bonds. The Labute approximate surface area is 131 Å². The molecule has 108 valence electrons. The van der Waals surface area contributed by atoms with Crippen LogP contribution in [0.15, 0.2) is 23.1 Å². The Morgan fingerprint density at radius 3 is 3.05 bits per heavy atom. The lowest BCUT2D eigenvalue weighted by atomic mass is 9.97. The number of pyridine rings is 1. The average molecular weight is 347 g/mol. The number of halogens is 1. The number of hydrogen-bond acceptors (Lipinski definition) is 5. The first-order valence-corrected chi connectivity index (χ1v) is 7.63. The van der Waals surface area contributed by atoms with E-state index in [0.717, 1.165) is 42.0 Å². The molecule has 0 saturated carbocycles. The summed E-state index contributed by atoms with van der Waals surface area (Å²) < 4.78 is 2.79. The lowest BCUT2D eigenvalue weighted by Crippen LogP contribution is -2.36. The molecule has 0 spiro atoms. The fourth-order valence-electron chi connectivity index (χ4n) is 2.81. The molecule has 0 N–H and O–H groups in total. The van der Waals surface area contributed by atoms with Gasteiger partial charge in [0.1, 0.15) is 24.0 Å². The van der Waals surface area contributed by atoms with Crippen LogP contribution in [0.1, 0.15) is 30.1 Å². The fraction of sp³-hybridized carbons (Fsp3) is 0.429. The van der Waals surface area contributed by atoms with Crippen LogP contribution in [0.5, 0.6) is 0 Å². The molecule has 21 heavy (non-hydrogen) atoms. The van der Waals surface area contributed by atoms with Crippen LogP contribution in [0, 0.1) is 11.3 Å². The Hall–Kier alpha value is -1.94. The molecule has 6 nitrogen and oxygen atoms in total. The summed E-state index contributed by atoms with van der Waals surface area (Å²) in [7, 11) is 1.97. The van der Waals surface area contributed by atoms with Gasteiger partial charge in [-0.3, -0.25) is 0 Å². The van der Waals surface area contributed by atoms with Crippen molar-refractivity contribution in [2.75, 3.05) is 18.0 Å². The van der Waals surface area contributed by atoms with Crippen LogP contribution in [0.25, 0.3) is 0 Å². The first-order chi connectivity index (χ1) is 10.2. The van der Waals surface area contributed by atoms with Gasteiger partial charge in [0, 0.05) is 36.7 Å². The van der Waals surface area contributed by atoms with Crippen molar-refractivity contribution in [2.45, 2.75) is 18.8 Å². The summed E-state index contributed by atoms with van der Waals surface area (Å²) in [6.45, 7) is 1.73. The van der Waals surface area contributed by atoms with E-state index in [2.05, 4.69) is 42.1 Å². The first-order valence-electron chi connectivity index (χ1n) is 6.83. The van der Waals surface area contributed by atoms with Gasteiger partial charge in [-0.15, -0.1) is 10.2 Å². The highest BCUT2D eigenvalue weighted by Crippen LogP contribution is 2.30. The Morgan fingerprint density at radius 2 is 2.33 bits per heavy atom. The van der Waals surface area contributed by atoms with Gasteiger partial charge in [0.15, 0.2) is 0 Å². The number of piperidine rings is 1. The second kappa shape index (κ2) is 5.82. The average Bonchev–Trinajstić information content (AvgIpc) is 2.93. The van der Waals surface area contributed by atoms with Gasteiger partial charge in [-0.1, -0.05) is 0 Å². The third kappa shape index (κ3) is 2.76. The summed E-state index contributed by atoms with van der Waals surface area (Å²) in [5.74, 6) is 2.08. The third-order valence-corrected chi connectivity index (χ3v) is 4.22. The molecule has 7 heteroatoms. The molecule has 3 heterocycles. The van der Waals surface area contributed by atoms with Crippen molar-refractivity contribution in [2.24, 2.45) is 7.05 Å². The van der Waals surface area contributed by atoms with Crippen molar-refractivity contribution < 1.29 is 0 Å². The molecular formula is C14H15BrN6. The quantitative estimate of drug-likeness (QED) is 0.833. The van der Waals surface area contributed by atoms with Crippen LogP contribution in [0.3, 0.4) is 0 Å². The zero-order chi connectivity index (χ0) is 14.8. The Kier molecular flexibility index (Phi) is 3.88. The molecule has 1 saturated heterocycles. The van der Waals surface area contributed by atoms with Crippen LogP contribution >= 0.6 is 15.9 Å². The molecule has 0 aromatic carbocycles. The van der Waals surface area contributed by atoms with E-state index in [1.54, 1.807) is 12.5 Å². The van der Waals surface area contributed by atoms with E-state index >= 15 is 0 Å². The molecule has 1 fully saturated rings. The van der Waals surface area contributed by atoms with Gasteiger partial charge in [0.2, 0.25) is 0 Å². The zero-order valence-corrected chi connectivity index (χ0v) is 13.3. The van der Waals surface area contributed by atoms with Gasteiger partial charge in [-0.05, 0) is 34.8 Å². The van der Waals surface area contributed by atoms with Gasteiger partial charge in [0.25, 0.3) is 0 Å². The highest BCUT2D eigenvalue weighted by Gasteiger charge is 2.26. The zero-order valence-electron chi connectivity index (χ0n) is 11.7. The lowest BCUT2D eigenvalue weighted by Gasteiger charge is -2.33. The van der Waals surface area contributed by atoms with Crippen molar-refractivity contribution in [3.05, 3.63) is 34.5 Å². The topological polar surface area (TPSA) is 70.6 Å².